The summed E-state index contributed by atoms with van der Waals surface area (Å²) in [5.74, 6) is 0.246. The second-order valence-corrected chi connectivity index (χ2v) is 8.72. The molecule has 3 heteroatoms. The van der Waals surface area contributed by atoms with E-state index in [-0.39, 0.29) is 11.8 Å². The molecule has 0 aliphatic carbocycles. The second kappa shape index (κ2) is 12.5. The summed E-state index contributed by atoms with van der Waals surface area (Å²) in [5, 5.41) is 4.61. The molecular formula is C26H35NOS. The lowest BCUT2D eigenvalue weighted by atomic mass is 9.97. The lowest BCUT2D eigenvalue weighted by molar-refractivity contribution is -0.124. The van der Waals surface area contributed by atoms with Gasteiger partial charge in [-0.25, -0.2) is 0 Å². The molecule has 0 aliphatic heterocycles. The first-order valence-electron chi connectivity index (χ1n) is 10.9. The predicted molar refractivity (Wildman–Crippen MR) is 128 cm³/mol. The highest BCUT2D eigenvalue weighted by molar-refractivity contribution is 8.03. The molecule has 156 valence electrons. The van der Waals surface area contributed by atoms with Crippen LogP contribution in [0.4, 0.5) is 0 Å². The lowest BCUT2D eigenvalue weighted by Crippen LogP contribution is -2.30. The van der Waals surface area contributed by atoms with Crippen molar-refractivity contribution in [2.75, 3.05) is 0 Å². The Kier molecular flexibility index (Phi) is 10.1. The summed E-state index contributed by atoms with van der Waals surface area (Å²) in [6.45, 7) is 8.63. The Morgan fingerprint density at radius 2 is 1.45 bits per heavy atom. The number of benzene rings is 2. The number of carbonyl (C=O) groups is 1. The van der Waals surface area contributed by atoms with Crippen LogP contribution in [-0.4, -0.2) is 5.91 Å². The maximum absolute atomic E-state index is 13.1. The van der Waals surface area contributed by atoms with Crippen LogP contribution < -0.4 is 5.32 Å². The van der Waals surface area contributed by atoms with Crippen LogP contribution >= 0.6 is 11.8 Å². The molecule has 0 spiro atoms. The first kappa shape index (κ1) is 23.3. The second-order valence-electron chi connectivity index (χ2n) is 7.51. The summed E-state index contributed by atoms with van der Waals surface area (Å²) < 4.78 is 0. The molecule has 1 unspecified atom stereocenters. The lowest BCUT2D eigenvalue weighted by Gasteiger charge is -2.22. The molecule has 1 N–H and O–H groups in total. The Morgan fingerprint density at radius 1 is 0.897 bits per heavy atom. The molecule has 0 fully saturated rings. The van der Waals surface area contributed by atoms with Gasteiger partial charge in [-0.1, -0.05) is 106 Å². The van der Waals surface area contributed by atoms with Crippen LogP contribution in [0.25, 0.3) is 5.57 Å². The van der Waals surface area contributed by atoms with E-state index in [0.29, 0.717) is 5.25 Å². The summed E-state index contributed by atoms with van der Waals surface area (Å²) >= 11 is 1.78. The van der Waals surface area contributed by atoms with Crippen molar-refractivity contribution in [3.8, 4) is 0 Å². The zero-order valence-corrected chi connectivity index (χ0v) is 19.1. The zero-order valence-electron chi connectivity index (χ0n) is 18.3. The van der Waals surface area contributed by atoms with Gasteiger partial charge in [0, 0.05) is 11.2 Å². The number of allylic oxidation sites excluding steroid dienone is 1. The third-order valence-corrected chi connectivity index (χ3v) is 6.77. The van der Waals surface area contributed by atoms with Crippen molar-refractivity contribution >= 4 is 23.2 Å². The third-order valence-electron chi connectivity index (χ3n) is 5.23. The summed E-state index contributed by atoms with van der Waals surface area (Å²) in [6.07, 6.45) is 4.95. The van der Waals surface area contributed by atoms with E-state index in [9.17, 15) is 4.79 Å². The maximum atomic E-state index is 13.1. The first-order valence-corrected chi connectivity index (χ1v) is 11.8. The monoisotopic (exact) mass is 409 g/mol. The van der Waals surface area contributed by atoms with Crippen LogP contribution in [0.15, 0.2) is 65.7 Å². The highest BCUT2D eigenvalue weighted by Gasteiger charge is 2.21. The fraction of sp³-hybridized carbons (Fsp3) is 0.423. The topological polar surface area (TPSA) is 29.1 Å². The van der Waals surface area contributed by atoms with Crippen LogP contribution in [0, 0.1) is 5.92 Å². The quantitative estimate of drug-likeness (QED) is 0.414. The molecule has 0 radical (unpaired) electrons. The third kappa shape index (κ3) is 7.08. The number of rotatable bonds is 11. The molecule has 2 rings (SSSR count). The Morgan fingerprint density at radius 3 is 1.97 bits per heavy atom. The largest absolute Gasteiger partial charge is 0.320 e. The van der Waals surface area contributed by atoms with Crippen molar-refractivity contribution in [1.29, 1.82) is 0 Å². The van der Waals surface area contributed by atoms with Crippen LogP contribution in [0.3, 0.4) is 0 Å². The highest BCUT2D eigenvalue weighted by Crippen LogP contribution is 2.39. The van der Waals surface area contributed by atoms with Crippen molar-refractivity contribution < 1.29 is 4.79 Å². The SMILES string of the molecule is CCCC(CCC)C(=O)N/C(SC(CC)c1ccccc1)=C(/C)c1ccccc1. The normalized spacial score (nSPS) is 13.1. The number of amides is 1. The standard InChI is InChI=1S/C26H35NOS/c1-5-14-23(15-6-2)25(28)27-26(20(4)21-16-10-8-11-17-21)29-24(7-3)22-18-12-9-13-19-22/h8-13,16-19,23-24H,5-7,14-15H2,1-4H3,(H,27,28)/b26-20+. The molecule has 0 aromatic heterocycles. The molecule has 2 aromatic rings. The molecule has 2 nitrogen and oxygen atoms in total. The van der Waals surface area contributed by atoms with E-state index in [1.165, 1.54) is 5.56 Å². The van der Waals surface area contributed by atoms with Crippen molar-refractivity contribution in [3.63, 3.8) is 0 Å². The number of hydrogen-bond acceptors (Lipinski definition) is 2. The van der Waals surface area contributed by atoms with Crippen molar-refractivity contribution in [2.24, 2.45) is 5.92 Å². The molecule has 0 saturated carbocycles. The van der Waals surface area contributed by atoms with E-state index in [0.717, 1.165) is 48.3 Å². The molecule has 0 bridgehead atoms. The average Bonchev–Trinajstić information content (AvgIpc) is 2.77. The zero-order chi connectivity index (χ0) is 21.1. The van der Waals surface area contributed by atoms with Crippen LogP contribution in [-0.2, 0) is 4.79 Å². The fourth-order valence-corrected chi connectivity index (χ4v) is 4.74. The molecule has 2 aromatic carbocycles. The van der Waals surface area contributed by atoms with Gasteiger partial charge in [-0.3, -0.25) is 4.79 Å². The van der Waals surface area contributed by atoms with Gasteiger partial charge in [0.1, 0.15) is 0 Å². The minimum absolute atomic E-state index is 0.0842. The fourth-order valence-electron chi connectivity index (χ4n) is 3.55. The van der Waals surface area contributed by atoms with Gasteiger partial charge in [-0.2, -0.15) is 0 Å². The van der Waals surface area contributed by atoms with Gasteiger partial charge in [0.05, 0.1) is 5.03 Å². The van der Waals surface area contributed by atoms with Gasteiger partial charge in [-0.15, -0.1) is 0 Å². The molecule has 0 aliphatic rings. The van der Waals surface area contributed by atoms with Gasteiger partial charge in [0.25, 0.3) is 0 Å². The summed E-state index contributed by atoms with van der Waals surface area (Å²) in [7, 11) is 0. The Labute approximate surface area is 181 Å². The average molecular weight is 410 g/mol. The van der Waals surface area contributed by atoms with Gasteiger partial charge < -0.3 is 5.32 Å². The van der Waals surface area contributed by atoms with Crippen molar-refractivity contribution in [2.45, 2.75) is 65.0 Å². The number of nitrogens with one attached hydrogen (secondary N) is 1. The minimum Gasteiger partial charge on any atom is -0.320 e. The summed E-state index contributed by atoms with van der Waals surface area (Å²) in [6, 6.07) is 20.9. The van der Waals surface area contributed by atoms with Crippen LogP contribution in [0.5, 0.6) is 0 Å². The van der Waals surface area contributed by atoms with Crippen molar-refractivity contribution in [1.82, 2.24) is 5.32 Å². The Hall–Kier alpha value is -2.00. The predicted octanol–water partition coefficient (Wildman–Crippen LogP) is 7.59. The van der Waals surface area contributed by atoms with E-state index in [2.05, 4.69) is 87.6 Å². The van der Waals surface area contributed by atoms with E-state index in [4.69, 9.17) is 0 Å². The van der Waals surface area contributed by atoms with Gasteiger partial charge in [0.15, 0.2) is 0 Å². The Balaban J connectivity index is 2.34. The molecule has 1 atom stereocenters. The van der Waals surface area contributed by atoms with E-state index in [1.807, 2.05) is 6.07 Å². The van der Waals surface area contributed by atoms with E-state index < -0.39 is 0 Å². The number of thioether (sulfide) groups is 1. The molecule has 1 amide bonds. The van der Waals surface area contributed by atoms with Gasteiger partial charge in [0.2, 0.25) is 5.91 Å². The van der Waals surface area contributed by atoms with E-state index >= 15 is 0 Å². The molecule has 29 heavy (non-hydrogen) atoms. The summed E-state index contributed by atoms with van der Waals surface area (Å²) in [4.78, 5) is 13.1. The van der Waals surface area contributed by atoms with Crippen molar-refractivity contribution in [3.05, 3.63) is 76.8 Å². The number of hydrogen-bond donors (Lipinski definition) is 1. The molecule has 0 saturated heterocycles. The van der Waals surface area contributed by atoms with Gasteiger partial charge >= 0.3 is 0 Å². The van der Waals surface area contributed by atoms with Gasteiger partial charge in [-0.05, 0) is 42.9 Å². The molecule has 0 heterocycles. The first-order chi connectivity index (χ1) is 14.1. The van der Waals surface area contributed by atoms with E-state index in [1.54, 1.807) is 11.8 Å². The maximum Gasteiger partial charge on any atom is 0.227 e. The highest BCUT2D eigenvalue weighted by atomic mass is 32.2. The number of carbonyl (C=O) groups excluding carboxylic acids is 1. The smallest absolute Gasteiger partial charge is 0.227 e. The summed E-state index contributed by atoms with van der Waals surface area (Å²) in [5.41, 5.74) is 3.58. The van der Waals surface area contributed by atoms with Crippen LogP contribution in [0.1, 0.15) is 76.2 Å². The Bertz CT molecular complexity index is 764. The van der Waals surface area contributed by atoms with Crippen LogP contribution in [0.2, 0.25) is 0 Å². The minimum atomic E-state index is 0.0842. The molecular weight excluding hydrogens is 374 g/mol.